The lowest BCUT2D eigenvalue weighted by atomic mass is 10.0. The summed E-state index contributed by atoms with van der Waals surface area (Å²) in [5.41, 5.74) is 0. The molecule has 0 amide bonds. The smallest absolute Gasteiger partial charge is 0.462 e. The predicted octanol–water partition coefficient (Wildman–Crippen LogP) is 22.9. The van der Waals surface area contributed by atoms with Gasteiger partial charge in [-0.05, 0) is 31.6 Å². The summed E-state index contributed by atoms with van der Waals surface area (Å²) in [5, 5.41) is 10.6. The van der Waals surface area contributed by atoms with Crippen LogP contribution in [0.5, 0.6) is 0 Å². The van der Waals surface area contributed by atoms with Crippen LogP contribution < -0.4 is 0 Å². The Kier molecular flexibility index (Phi) is 68.7. The first-order valence-corrected chi connectivity index (χ1v) is 43.1. The predicted molar refractivity (Wildman–Crippen MR) is 391 cm³/mol. The molecular formula is C77H150O17P2. The molecule has 0 saturated carbocycles. The van der Waals surface area contributed by atoms with Gasteiger partial charge in [-0.2, -0.15) is 0 Å². The molecule has 5 atom stereocenters. The Balaban J connectivity index is 5.19. The molecule has 0 aliphatic carbocycles. The second kappa shape index (κ2) is 70.1. The molecule has 17 nitrogen and oxygen atoms in total. The minimum atomic E-state index is -4.96. The van der Waals surface area contributed by atoms with Gasteiger partial charge in [0, 0.05) is 25.7 Å². The number of carbonyl (C=O) groups excluding carboxylic acids is 4. The number of esters is 4. The zero-order chi connectivity index (χ0) is 70.5. The molecule has 0 heterocycles. The van der Waals surface area contributed by atoms with E-state index < -0.39 is 97.5 Å². The van der Waals surface area contributed by atoms with E-state index >= 15 is 0 Å². The maximum Gasteiger partial charge on any atom is 0.472 e. The normalized spacial score (nSPS) is 13.9. The second-order valence-corrected chi connectivity index (χ2v) is 31.1. The minimum absolute atomic E-state index is 0.104. The first-order valence-electron chi connectivity index (χ1n) is 40.1. The van der Waals surface area contributed by atoms with Gasteiger partial charge in [0.25, 0.3) is 0 Å². The highest BCUT2D eigenvalue weighted by Gasteiger charge is 2.30. The highest BCUT2D eigenvalue weighted by Crippen LogP contribution is 2.45. The highest BCUT2D eigenvalue weighted by atomic mass is 31.2. The van der Waals surface area contributed by atoms with E-state index in [4.69, 9.17) is 37.0 Å². The molecule has 0 saturated heterocycles. The van der Waals surface area contributed by atoms with Gasteiger partial charge in [-0.15, -0.1) is 0 Å². The number of aliphatic hydroxyl groups is 1. The maximum absolute atomic E-state index is 13.1. The van der Waals surface area contributed by atoms with E-state index in [0.29, 0.717) is 31.6 Å². The van der Waals surface area contributed by atoms with Crippen molar-refractivity contribution >= 4 is 39.5 Å². The van der Waals surface area contributed by atoms with Gasteiger partial charge in [0.1, 0.15) is 19.3 Å². The Morgan fingerprint density at radius 2 is 0.479 bits per heavy atom. The molecule has 0 fully saturated rings. The number of ether oxygens (including phenoxy) is 4. The third-order valence-electron chi connectivity index (χ3n) is 18.0. The van der Waals surface area contributed by atoms with Crippen molar-refractivity contribution in [1.29, 1.82) is 0 Å². The van der Waals surface area contributed by atoms with Gasteiger partial charge in [0.05, 0.1) is 26.4 Å². The molecule has 0 aromatic heterocycles. The molecule has 0 bridgehead atoms. The summed E-state index contributed by atoms with van der Waals surface area (Å²) in [4.78, 5) is 72.8. The van der Waals surface area contributed by atoms with Crippen molar-refractivity contribution in [2.75, 3.05) is 39.6 Å². The molecule has 0 spiro atoms. The van der Waals surface area contributed by atoms with Crippen molar-refractivity contribution in [3.63, 3.8) is 0 Å². The monoisotopic (exact) mass is 1410 g/mol. The number of aliphatic hydroxyl groups excluding tert-OH is 1. The van der Waals surface area contributed by atoms with Gasteiger partial charge in [-0.25, -0.2) is 9.13 Å². The fourth-order valence-corrected chi connectivity index (χ4v) is 13.5. The van der Waals surface area contributed by atoms with E-state index in [2.05, 4.69) is 34.6 Å². The van der Waals surface area contributed by atoms with Crippen LogP contribution in [0.2, 0.25) is 0 Å². The van der Waals surface area contributed by atoms with Gasteiger partial charge in [-0.1, -0.05) is 356 Å². The Morgan fingerprint density at radius 1 is 0.281 bits per heavy atom. The van der Waals surface area contributed by atoms with E-state index in [9.17, 15) is 43.2 Å². The molecule has 0 aromatic rings. The Morgan fingerprint density at radius 3 is 0.708 bits per heavy atom. The van der Waals surface area contributed by atoms with Crippen molar-refractivity contribution in [3.05, 3.63) is 0 Å². The van der Waals surface area contributed by atoms with Gasteiger partial charge in [0.15, 0.2) is 12.2 Å². The standard InChI is InChI=1S/C77H150O17P2/c1-6-9-12-15-18-21-24-26-28-29-30-31-32-33-35-37-39-42-47-52-57-62-76(81)93-72(66-88-75(80)61-56-51-46-41-38-36-34-27-25-22-19-16-13-10-7-2)68-91-95(83,84)89-64-71(78)65-90-96(85,86)92-69-73(94-77(82)63-58-53-48-43-44-49-54-59-70(4)5)67-87-74(79)60-55-50-45-40-23-20-17-14-11-8-3/h70-73,78H,6-69H2,1-5H3,(H,83,84)(H,85,86)/t71-,72-,73-/m1/s1. The second-order valence-electron chi connectivity index (χ2n) is 28.2. The first kappa shape index (κ1) is 94.1. The van der Waals surface area contributed by atoms with E-state index in [1.807, 2.05) is 0 Å². The molecular weight excluding hydrogens is 1260 g/mol. The van der Waals surface area contributed by atoms with Crippen LogP contribution >= 0.6 is 15.6 Å². The molecule has 0 aromatic carbocycles. The molecule has 3 N–H and O–H groups in total. The molecule has 19 heteroatoms. The molecule has 0 rings (SSSR count). The molecule has 0 aliphatic rings. The van der Waals surface area contributed by atoms with E-state index in [1.54, 1.807) is 0 Å². The minimum Gasteiger partial charge on any atom is -0.462 e. The first-order chi connectivity index (χ1) is 46.5. The third-order valence-corrected chi connectivity index (χ3v) is 19.9. The summed E-state index contributed by atoms with van der Waals surface area (Å²) in [6, 6.07) is 0. The van der Waals surface area contributed by atoms with Crippen molar-refractivity contribution < 1.29 is 80.2 Å². The molecule has 2 unspecified atom stereocenters. The zero-order valence-corrected chi connectivity index (χ0v) is 64.3. The Hall–Kier alpha value is -1.94. The van der Waals surface area contributed by atoms with Crippen molar-refractivity contribution in [2.24, 2.45) is 5.92 Å². The maximum atomic E-state index is 13.1. The van der Waals surface area contributed by atoms with Gasteiger partial charge in [-0.3, -0.25) is 37.3 Å². The van der Waals surface area contributed by atoms with Crippen LogP contribution in [-0.2, 0) is 65.4 Å². The summed E-state index contributed by atoms with van der Waals surface area (Å²) in [7, 11) is -9.91. The largest absolute Gasteiger partial charge is 0.472 e. The lowest BCUT2D eigenvalue weighted by Crippen LogP contribution is -2.30. The Bertz CT molecular complexity index is 1840. The van der Waals surface area contributed by atoms with Crippen LogP contribution in [-0.4, -0.2) is 96.7 Å². The molecule has 0 radical (unpaired) electrons. The molecule has 570 valence electrons. The van der Waals surface area contributed by atoms with E-state index in [1.165, 1.54) is 231 Å². The number of unbranched alkanes of at least 4 members (excludes halogenated alkanes) is 49. The number of phosphoric acid groups is 2. The number of carbonyl (C=O) groups is 4. The fraction of sp³-hybridized carbons (Fsp3) is 0.948. The van der Waals surface area contributed by atoms with Crippen LogP contribution in [0.25, 0.3) is 0 Å². The van der Waals surface area contributed by atoms with Crippen LogP contribution in [0.4, 0.5) is 0 Å². The van der Waals surface area contributed by atoms with E-state index in [-0.39, 0.29) is 25.7 Å². The summed E-state index contributed by atoms with van der Waals surface area (Å²) in [6.07, 6.45) is 59.9. The Labute approximate surface area is 588 Å². The lowest BCUT2D eigenvalue weighted by molar-refractivity contribution is -0.161. The topological polar surface area (TPSA) is 237 Å². The fourth-order valence-electron chi connectivity index (χ4n) is 11.9. The number of rotatable bonds is 77. The summed E-state index contributed by atoms with van der Waals surface area (Å²) in [6.45, 7) is 7.22. The van der Waals surface area contributed by atoms with Crippen molar-refractivity contribution in [1.82, 2.24) is 0 Å². The van der Waals surface area contributed by atoms with Gasteiger partial charge in [0.2, 0.25) is 0 Å². The molecule has 0 aliphatic heterocycles. The van der Waals surface area contributed by atoms with E-state index in [0.717, 1.165) is 89.9 Å². The van der Waals surface area contributed by atoms with Crippen LogP contribution in [0, 0.1) is 5.92 Å². The van der Waals surface area contributed by atoms with Crippen LogP contribution in [0.1, 0.15) is 407 Å². The van der Waals surface area contributed by atoms with Gasteiger partial charge < -0.3 is 33.8 Å². The highest BCUT2D eigenvalue weighted by molar-refractivity contribution is 7.47. The van der Waals surface area contributed by atoms with Crippen molar-refractivity contribution in [2.45, 2.75) is 425 Å². The zero-order valence-electron chi connectivity index (χ0n) is 62.5. The van der Waals surface area contributed by atoms with Gasteiger partial charge >= 0.3 is 39.5 Å². The SMILES string of the molecule is CCCCCCCCCCCCCCCCCCCCCCCC(=O)O[C@H](COC(=O)CCCCCCCCCCCCCCCCC)COP(=O)(O)OC[C@@H](O)COP(=O)(O)OC[C@@H](COC(=O)CCCCCCCCCCCC)OC(=O)CCCCCCCCCC(C)C. The lowest BCUT2D eigenvalue weighted by Gasteiger charge is -2.21. The number of hydrogen-bond acceptors (Lipinski definition) is 15. The van der Waals surface area contributed by atoms with Crippen LogP contribution in [0.15, 0.2) is 0 Å². The number of phosphoric ester groups is 2. The number of hydrogen-bond donors (Lipinski definition) is 3. The quantitative estimate of drug-likeness (QED) is 0.0222. The summed E-state index contributed by atoms with van der Waals surface area (Å²) < 4.78 is 68.5. The third kappa shape index (κ3) is 70.5. The summed E-state index contributed by atoms with van der Waals surface area (Å²) >= 11 is 0. The average molecular weight is 1410 g/mol. The summed E-state index contributed by atoms with van der Waals surface area (Å²) in [5.74, 6) is -1.42. The molecule has 96 heavy (non-hydrogen) atoms. The average Bonchev–Trinajstić information content (AvgIpc) is 1.31. The van der Waals surface area contributed by atoms with Crippen LogP contribution in [0.3, 0.4) is 0 Å². The van der Waals surface area contributed by atoms with Crippen molar-refractivity contribution in [3.8, 4) is 0 Å².